The molecule has 1 aromatic carbocycles. The van der Waals surface area contributed by atoms with Crippen molar-refractivity contribution in [3.63, 3.8) is 0 Å². The third-order valence-electron chi connectivity index (χ3n) is 6.38. The third-order valence-corrected chi connectivity index (χ3v) is 6.38. The Morgan fingerprint density at radius 1 is 1.00 bits per heavy atom. The predicted molar refractivity (Wildman–Crippen MR) is 88.8 cm³/mol. The van der Waals surface area contributed by atoms with Gasteiger partial charge in [-0.05, 0) is 37.2 Å². The van der Waals surface area contributed by atoms with Gasteiger partial charge >= 0.3 is 0 Å². The highest BCUT2D eigenvalue weighted by Crippen LogP contribution is 2.50. The van der Waals surface area contributed by atoms with Crippen molar-refractivity contribution in [2.24, 2.45) is 11.8 Å². The molecule has 0 spiro atoms. The zero-order valence-corrected chi connectivity index (χ0v) is 13.7. The van der Waals surface area contributed by atoms with Gasteiger partial charge in [-0.25, -0.2) is 0 Å². The van der Waals surface area contributed by atoms with Crippen molar-refractivity contribution in [3.8, 4) is 0 Å². The number of hydrogen-bond acceptors (Lipinski definition) is 2. The number of hydrogen-bond donors (Lipinski definition) is 0. The first-order valence-electron chi connectivity index (χ1n) is 9.10. The summed E-state index contributed by atoms with van der Waals surface area (Å²) >= 11 is 0. The van der Waals surface area contributed by atoms with E-state index >= 15 is 0 Å². The molecule has 23 heavy (non-hydrogen) atoms. The molecule has 1 saturated heterocycles. The average molecular weight is 311 g/mol. The molecule has 4 rings (SSSR count). The van der Waals surface area contributed by atoms with Crippen molar-refractivity contribution in [3.05, 3.63) is 35.9 Å². The lowest BCUT2D eigenvalue weighted by Gasteiger charge is -2.49. The molecule has 1 aliphatic heterocycles. The number of likely N-dealkylation sites (tertiary alicyclic amines) is 1. The smallest absolute Gasteiger partial charge is 0.233 e. The molecule has 3 fully saturated rings. The van der Waals surface area contributed by atoms with Crippen LogP contribution in [-0.4, -0.2) is 23.3 Å². The molecule has 2 unspecified atom stereocenters. The number of amides is 2. The molecule has 2 aliphatic carbocycles. The van der Waals surface area contributed by atoms with E-state index < -0.39 is 0 Å². The van der Waals surface area contributed by atoms with Gasteiger partial charge in [0.15, 0.2) is 0 Å². The van der Waals surface area contributed by atoms with Crippen molar-refractivity contribution < 1.29 is 9.59 Å². The molecule has 0 aromatic heterocycles. The van der Waals surface area contributed by atoms with Crippen molar-refractivity contribution >= 4 is 11.8 Å². The minimum Gasteiger partial charge on any atom is -0.282 e. The lowest BCUT2D eigenvalue weighted by atomic mass is 9.58. The predicted octanol–water partition coefficient (Wildman–Crippen LogP) is 3.67. The van der Waals surface area contributed by atoms with Gasteiger partial charge in [-0.2, -0.15) is 0 Å². The summed E-state index contributed by atoms with van der Waals surface area (Å²) in [4.78, 5) is 27.6. The summed E-state index contributed by atoms with van der Waals surface area (Å²) < 4.78 is 0. The van der Waals surface area contributed by atoms with E-state index in [2.05, 4.69) is 12.1 Å². The molecule has 3 nitrogen and oxygen atoms in total. The number of imide groups is 1. The molecular formula is C20H25NO2. The van der Waals surface area contributed by atoms with E-state index in [1.54, 1.807) is 4.90 Å². The maximum absolute atomic E-state index is 13.1. The highest BCUT2D eigenvalue weighted by atomic mass is 16.2. The molecule has 122 valence electrons. The maximum atomic E-state index is 13.1. The van der Waals surface area contributed by atoms with Gasteiger partial charge in [-0.15, -0.1) is 0 Å². The number of nitrogens with zero attached hydrogens (tertiary/aromatic N) is 1. The van der Waals surface area contributed by atoms with Crippen LogP contribution in [0.3, 0.4) is 0 Å². The molecule has 1 heterocycles. The fourth-order valence-corrected chi connectivity index (χ4v) is 4.83. The van der Waals surface area contributed by atoms with E-state index in [-0.39, 0.29) is 23.1 Å². The van der Waals surface area contributed by atoms with Gasteiger partial charge in [-0.1, -0.05) is 49.6 Å². The van der Waals surface area contributed by atoms with Crippen LogP contribution in [0.25, 0.3) is 0 Å². The number of piperidine rings is 1. The van der Waals surface area contributed by atoms with Crippen LogP contribution in [0.15, 0.2) is 30.3 Å². The quantitative estimate of drug-likeness (QED) is 0.799. The number of fused-ring (bicyclic) bond motifs is 1. The summed E-state index contributed by atoms with van der Waals surface area (Å²) in [5.74, 6) is 0.716. The topological polar surface area (TPSA) is 37.4 Å². The minimum absolute atomic E-state index is 0.00331. The van der Waals surface area contributed by atoms with Gasteiger partial charge < -0.3 is 0 Å². The molecule has 2 atom stereocenters. The Morgan fingerprint density at radius 3 is 2.48 bits per heavy atom. The largest absolute Gasteiger partial charge is 0.282 e. The van der Waals surface area contributed by atoms with Crippen molar-refractivity contribution in [1.82, 2.24) is 4.90 Å². The van der Waals surface area contributed by atoms with Gasteiger partial charge in [-0.3, -0.25) is 14.5 Å². The maximum Gasteiger partial charge on any atom is 0.233 e. The van der Waals surface area contributed by atoms with Crippen molar-refractivity contribution in [2.75, 3.05) is 6.54 Å². The van der Waals surface area contributed by atoms with E-state index in [4.69, 9.17) is 0 Å². The zero-order valence-electron chi connectivity index (χ0n) is 13.7. The molecule has 2 amide bonds. The molecule has 3 aliphatic rings. The highest BCUT2D eigenvalue weighted by Gasteiger charge is 2.53. The SMILES string of the molecule is O=C1CC2(c3ccccc3)CCCCC2C(=O)N1CC1CCC1. The summed E-state index contributed by atoms with van der Waals surface area (Å²) in [5, 5.41) is 0. The second-order valence-electron chi connectivity index (χ2n) is 7.64. The second-order valence-corrected chi connectivity index (χ2v) is 7.64. The van der Waals surface area contributed by atoms with Crippen molar-refractivity contribution in [1.29, 1.82) is 0 Å². The fourth-order valence-electron chi connectivity index (χ4n) is 4.83. The Kier molecular flexibility index (Phi) is 3.74. The van der Waals surface area contributed by atoms with E-state index in [0.717, 1.165) is 25.7 Å². The van der Waals surface area contributed by atoms with Crippen LogP contribution in [0.5, 0.6) is 0 Å². The Balaban J connectivity index is 1.66. The van der Waals surface area contributed by atoms with Crippen LogP contribution < -0.4 is 0 Å². The average Bonchev–Trinajstić information content (AvgIpc) is 2.54. The van der Waals surface area contributed by atoms with Crippen LogP contribution >= 0.6 is 0 Å². The van der Waals surface area contributed by atoms with Gasteiger partial charge in [0.1, 0.15) is 0 Å². The lowest BCUT2D eigenvalue weighted by molar-refractivity contribution is -0.159. The lowest BCUT2D eigenvalue weighted by Crippen LogP contribution is -2.58. The summed E-state index contributed by atoms with van der Waals surface area (Å²) in [5.41, 5.74) is 0.943. The van der Waals surface area contributed by atoms with Crippen LogP contribution in [0.4, 0.5) is 0 Å². The first-order chi connectivity index (χ1) is 11.2. The minimum atomic E-state index is -0.246. The zero-order chi connectivity index (χ0) is 15.9. The van der Waals surface area contributed by atoms with Crippen LogP contribution in [-0.2, 0) is 15.0 Å². The highest BCUT2D eigenvalue weighted by molar-refractivity contribution is 6.01. The Bertz CT molecular complexity index is 607. The summed E-state index contributed by atoms with van der Waals surface area (Å²) in [6.45, 7) is 0.666. The van der Waals surface area contributed by atoms with Gasteiger partial charge in [0.05, 0.1) is 0 Å². The molecule has 1 aromatic rings. The molecule has 0 N–H and O–H groups in total. The standard InChI is InChI=1S/C20H25NO2/c22-18-13-20(16-9-2-1-3-10-16)12-5-4-11-17(20)19(23)21(18)14-15-7-6-8-15/h1-3,9-10,15,17H,4-8,11-14H2. The van der Waals surface area contributed by atoms with Gasteiger partial charge in [0, 0.05) is 24.3 Å². The molecular weight excluding hydrogens is 286 g/mol. The van der Waals surface area contributed by atoms with Crippen molar-refractivity contribution in [2.45, 2.75) is 56.8 Å². The first kappa shape index (κ1) is 14.9. The molecule has 2 saturated carbocycles. The summed E-state index contributed by atoms with van der Waals surface area (Å²) in [6, 6.07) is 10.3. The van der Waals surface area contributed by atoms with E-state index in [0.29, 0.717) is 18.9 Å². The van der Waals surface area contributed by atoms with Crippen LogP contribution in [0.1, 0.15) is 56.9 Å². The first-order valence-corrected chi connectivity index (χ1v) is 9.10. The number of carbonyl (C=O) groups is 2. The summed E-state index contributed by atoms with van der Waals surface area (Å²) in [7, 11) is 0. The molecule has 0 bridgehead atoms. The third kappa shape index (κ3) is 2.41. The summed E-state index contributed by atoms with van der Waals surface area (Å²) in [6.07, 6.45) is 8.24. The van der Waals surface area contributed by atoms with Gasteiger partial charge in [0.25, 0.3) is 0 Å². The number of carbonyl (C=O) groups excluding carboxylic acids is 2. The normalized spacial score (nSPS) is 31.7. The molecule has 3 heteroatoms. The monoisotopic (exact) mass is 311 g/mol. The number of benzene rings is 1. The Labute approximate surface area is 138 Å². The Morgan fingerprint density at radius 2 is 1.78 bits per heavy atom. The van der Waals surface area contributed by atoms with Gasteiger partial charge in [0.2, 0.25) is 11.8 Å². The fraction of sp³-hybridized carbons (Fsp3) is 0.600. The second kappa shape index (κ2) is 5.77. The van der Waals surface area contributed by atoms with Crippen LogP contribution in [0, 0.1) is 11.8 Å². The number of rotatable bonds is 3. The van der Waals surface area contributed by atoms with E-state index in [1.165, 1.54) is 24.8 Å². The molecule has 0 radical (unpaired) electrons. The van der Waals surface area contributed by atoms with E-state index in [1.807, 2.05) is 18.2 Å². The van der Waals surface area contributed by atoms with E-state index in [9.17, 15) is 9.59 Å². The van der Waals surface area contributed by atoms with Crippen LogP contribution in [0.2, 0.25) is 0 Å². The Hall–Kier alpha value is -1.64.